The molecule has 7 rings (SSSR count). The van der Waals surface area contributed by atoms with Crippen LogP contribution in [-0.4, -0.2) is 149 Å². The highest BCUT2D eigenvalue weighted by Gasteiger charge is 2.44. The maximum Gasteiger partial charge on any atom is 0.264 e. The number of carbonyl (C=O) groups is 6. The third-order valence-electron chi connectivity index (χ3n) is 14.1. The molecule has 0 radical (unpaired) electrons. The molecule has 2 unspecified atom stereocenters. The van der Waals surface area contributed by atoms with Crippen molar-refractivity contribution in [3.05, 3.63) is 123 Å². The minimum absolute atomic E-state index is 0.00338. The van der Waals surface area contributed by atoms with E-state index in [1.165, 1.54) is 52.6 Å². The van der Waals surface area contributed by atoms with Gasteiger partial charge >= 0.3 is 0 Å². The normalized spacial score (nSPS) is 18.1. The van der Waals surface area contributed by atoms with Gasteiger partial charge in [-0.15, -0.1) is 0 Å². The van der Waals surface area contributed by atoms with Crippen molar-refractivity contribution in [2.24, 2.45) is 11.5 Å². The molecule has 0 bridgehead atoms. The Kier molecular flexibility index (Phi) is 24.8. The van der Waals surface area contributed by atoms with E-state index >= 15 is 4.39 Å². The second-order valence-corrected chi connectivity index (χ2v) is 19.7. The first-order valence-corrected chi connectivity index (χ1v) is 26.8. The second-order valence-electron chi connectivity index (χ2n) is 18.9. The fraction of sp³-hybridized carbons (Fsp3) is 0.474. The Bertz CT molecular complexity index is 2530. The van der Waals surface area contributed by atoms with Gasteiger partial charge in [0.1, 0.15) is 12.9 Å². The molecule has 4 fully saturated rings. The van der Waals surface area contributed by atoms with Crippen LogP contribution in [0.5, 0.6) is 5.75 Å². The topological polar surface area (TPSA) is 216 Å². The summed E-state index contributed by atoms with van der Waals surface area (Å²) in [5.74, 6) is -2.26. The van der Waals surface area contributed by atoms with Crippen LogP contribution in [0.3, 0.4) is 0 Å². The second kappa shape index (κ2) is 30.8. The molecule has 1 saturated carbocycles. The number of imide groups is 1. The number of amides is 4. The van der Waals surface area contributed by atoms with Gasteiger partial charge in [0.15, 0.2) is 17.9 Å². The van der Waals surface area contributed by atoms with Crippen LogP contribution in [0.25, 0.3) is 11.1 Å². The molecule has 3 heterocycles. The zero-order valence-electron chi connectivity index (χ0n) is 44.0. The highest BCUT2D eigenvalue weighted by Crippen LogP contribution is 2.42. The first-order valence-electron chi connectivity index (χ1n) is 26.0. The van der Waals surface area contributed by atoms with E-state index < -0.39 is 23.7 Å². The average molecular weight is 1090 g/mol. The van der Waals surface area contributed by atoms with Crippen LogP contribution in [0.2, 0.25) is 10.0 Å². The fourth-order valence-electron chi connectivity index (χ4n) is 10.1. The molecule has 3 aliphatic heterocycles. The lowest BCUT2D eigenvalue weighted by molar-refractivity contribution is -0.142. The Hall–Kier alpha value is -5.79. The van der Waals surface area contributed by atoms with Crippen molar-refractivity contribution < 1.29 is 47.4 Å². The molecule has 3 aromatic carbocycles. The quantitative estimate of drug-likeness (QED) is 0.0362. The molecule has 3 aromatic rings. The SMILES string of the molecule is C=C/C(=C1\C(=C)C(=O)N(C(C=O)CCC(=O)NC)C1=O)N1CCC(OC2CCN(CC(=O)NC3CCCCC3)CC2)CC1.CN.COCCOc1ccc(C=O)c(-c2cc(C(CN)c3ccccc3)c(Cl)cc2Cl)c1F. The van der Waals surface area contributed by atoms with Crippen molar-refractivity contribution in [3.63, 3.8) is 0 Å². The highest BCUT2D eigenvalue weighted by molar-refractivity contribution is 6.37. The van der Waals surface area contributed by atoms with E-state index in [2.05, 4.69) is 34.4 Å². The lowest BCUT2D eigenvalue weighted by atomic mass is 9.88. The number of nitrogens with one attached hydrogen (secondary N) is 2. The number of ether oxygens (including phenoxy) is 3. The van der Waals surface area contributed by atoms with E-state index in [1.54, 1.807) is 18.2 Å². The van der Waals surface area contributed by atoms with Gasteiger partial charge in [-0.3, -0.25) is 33.8 Å². The first-order chi connectivity index (χ1) is 36.8. The fourth-order valence-corrected chi connectivity index (χ4v) is 10.7. The number of hydrogen-bond acceptors (Lipinski definition) is 13. The monoisotopic (exact) mass is 1090 g/mol. The molecule has 16 nitrogen and oxygen atoms in total. The van der Waals surface area contributed by atoms with Crippen LogP contribution in [0.4, 0.5) is 4.39 Å². The predicted molar refractivity (Wildman–Crippen MR) is 294 cm³/mol. The van der Waals surface area contributed by atoms with E-state index in [1.807, 2.05) is 35.2 Å². The zero-order valence-corrected chi connectivity index (χ0v) is 45.5. The number of methoxy groups -OCH3 is 1. The van der Waals surface area contributed by atoms with Gasteiger partial charge in [0, 0.05) is 98.2 Å². The van der Waals surface area contributed by atoms with E-state index in [9.17, 15) is 28.8 Å². The molecular weight excluding hydrogens is 1020 g/mol. The van der Waals surface area contributed by atoms with Crippen molar-refractivity contribution in [1.29, 1.82) is 0 Å². The summed E-state index contributed by atoms with van der Waals surface area (Å²) in [7, 11) is 4.51. The van der Waals surface area contributed by atoms with Crippen molar-refractivity contribution in [2.75, 3.05) is 73.7 Å². The summed E-state index contributed by atoms with van der Waals surface area (Å²) in [6.07, 6.45) is 12.1. The molecule has 76 heavy (non-hydrogen) atoms. The minimum Gasteiger partial charge on any atom is -0.488 e. The summed E-state index contributed by atoms with van der Waals surface area (Å²) in [6, 6.07) is 15.1. The van der Waals surface area contributed by atoms with E-state index in [0.29, 0.717) is 66.7 Å². The van der Waals surface area contributed by atoms with Gasteiger partial charge in [0.25, 0.3) is 11.8 Å². The number of aldehydes is 2. The molecule has 4 aliphatic rings. The number of carbonyl (C=O) groups excluding carboxylic acids is 6. The van der Waals surface area contributed by atoms with Gasteiger partial charge in [-0.1, -0.05) is 86.0 Å². The van der Waals surface area contributed by atoms with E-state index in [-0.39, 0.29) is 89.0 Å². The summed E-state index contributed by atoms with van der Waals surface area (Å²) in [4.78, 5) is 79.2. The van der Waals surface area contributed by atoms with Crippen LogP contribution in [0.1, 0.15) is 98.0 Å². The van der Waals surface area contributed by atoms with Crippen molar-refractivity contribution in [3.8, 4) is 16.9 Å². The van der Waals surface area contributed by atoms with Crippen molar-refractivity contribution >= 4 is 59.4 Å². The Balaban J connectivity index is 0.000000285. The lowest BCUT2D eigenvalue weighted by Crippen LogP contribution is -2.46. The smallest absolute Gasteiger partial charge is 0.264 e. The minimum atomic E-state index is -1.05. The van der Waals surface area contributed by atoms with Gasteiger partial charge < -0.3 is 46.0 Å². The van der Waals surface area contributed by atoms with Crippen molar-refractivity contribution in [1.82, 2.24) is 25.3 Å². The summed E-state index contributed by atoms with van der Waals surface area (Å²) in [5, 5.41) is 6.31. The number of allylic oxidation sites excluding steroid dienone is 1. The van der Waals surface area contributed by atoms with Crippen LogP contribution in [-0.2, 0) is 33.4 Å². The number of halogens is 3. The molecule has 1 aliphatic carbocycles. The number of rotatable bonds is 21. The third-order valence-corrected chi connectivity index (χ3v) is 14.8. The number of nitrogens with two attached hydrogens (primary N) is 2. The van der Waals surface area contributed by atoms with Gasteiger partial charge in [-0.25, -0.2) is 4.39 Å². The lowest BCUT2D eigenvalue weighted by Gasteiger charge is -2.38. The average Bonchev–Trinajstić information content (AvgIpc) is 3.65. The number of piperidine rings is 2. The summed E-state index contributed by atoms with van der Waals surface area (Å²) in [5.41, 5.74) is 13.5. The summed E-state index contributed by atoms with van der Waals surface area (Å²) in [6.45, 7) is 11.9. The Morgan fingerprint density at radius 2 is 1.54 bits per heavy atom. The van der Waals surface area contributed by atoms with Crippen LogP contribution in [0.15, 0.2) is 90.7 Å². The highest BCUT2D eigenvalue weighted by atomic mass is 35.5. The molecule has 3 saturated heterocycles. The number of likely N-dealkylation sites (tertiary alicyclic amines) is 3. The van der Waals surface area contributed by atoms with Crippen molar-refractivity contribution in [2.45, 2.75) is 101 Å². The molecule has 19 heteroatoms. The number of nitrogens with zero attached hydrogens (tertiary/aromatic N) is 3. The molecule has 0 spiro atoms. The molecule has 6 N–H and O–H groups in total. The molecule has 4 amide bonds. The number of hydrogen-bond donors (Lipinski definition) is 4. The van der Waals surface area contributed by atoms with Crippen LogP contribution < -0.4 is 26.8 Å². The Morgan fingerprint density at radius 1 is 0.882 bits per heavy atom. The zero-order chi connectivity index (χ0) is 55.3. The van der Waals surface area contributed by atoms with Gasteiger partial charge in [-0.05, 0) is 93.5 Å². The van der Waals surface area contributed by atoms with E-state index in [0.717, 1.165) is 62.1 Å². The molecular formula is C57H74Cl2FN7O9. The summed E-state index contributed by atoms with van der Waals surface area (Å²) >= 11 is 13.0. The largest absolute Gasteiger partial charge is 0.488 e. The first kappa shape index (κ1) is 61.1. The third kappa shape index (κ3) is 15.9. The maximum atomic E-state index is 15.4. The maximum absolute atomic E-state index is 15.4. The predicted octanol–water partition coefficient (Wildman–Crippen LogP) is 7.14. The molecule has 412 valence electrons. The Morgan fingerprint density at radius 3 is 2.13 bits per heavy atom. The van der Waals surface area contributed by atoms with Crippen LogP contribution >= 0.6 is 23.2 Å². The summed E-state index contributed by atoms with van der Waals surface area (Å²) < 4.78 is 32.3. The van der Waals surface area contributed by atoms with Gasteiger partial charge in [-0.2, -0.15) is 0 Å². The van der Waals surface area contributed by atoms with E-state index in [4.69, 9.17) is 43.1 Å². The standard InChI is InChI=1S/C32H47N5O6.C24H22Cl2FNO3.CH5N/c1-4-27(30-22(2)31(41)37(32(30)42)24(21-38)10-11-28(39)33-3)36-18-14-26(15-19-36)43-25-12-16-35(17-13-25)20-29(40)34-23-8-6-5-7-9-23;1-30-9-10-31-22-8-7-16(14-29)23(24(22)27)18-11-17(20(25)12-21(18)26)19(13-28)15-5-3-2-4-6-15;1-2/h4,21,23-26H,1-2,5-20H2,3H3,(H,33,39)(H,34,40);2-8,11-12,14,19H,9-10,13,28H2,1H3;2H2,1H3/b30-27-;;. The van der Waals surface area contributed by atoms with Gasteiger partial charge in [0.2, 0.25) is 11.8 Å². The number of benzene rings is 3. The van der Waals surface area contributed by atoms with Crippen LogP contribution in [0, 0.1) is 5.82 Å². The molecule has 0 aromatic heterocycles. The Labute approximate surface area is 456 Å². The van der Waals surface area contributed by atoms with Gasteiger partial charge in [0.05, 0.1) is 42.0 Å². The molecule has 2 atom stereocenters.